The summed E-state index contributed by atoms with van der Waals surface area (Å²) in [6, 6.07) is 15.3. The molecule has 0 fully saturated rings. The van der Waals surface area contributed by atoms with Crippen LogP contribution in [0.5, 0.6) is 5.75 Å². The van der Waals surface area contributed by atoms with Crippen LogP contribution in [0.1, 0.15) is 45.7 Å². The van der Waals surface area contributed by atoms with Crippen LogP contribution in [0.15, 0.2) is 54.6 Å². The normalized spacial score (nSPS) is 13.5. The van der Waals surface area contributed by atoms with Crippen LogP contribution in [0, 0.1) is 5.92 Å². The Morgan fingerprint density at radius 3 is 2.13 bits per heavy atom. The summed E-state index contributed by atoms with van der Waals surface area (Å²) in [6.07, 6.45) is 1.86. The molecule has 0 heterocycles. The lowest BCUT2D eigenvalue weighted by Gasteiger charge is -2.30. The minimum absolute atomic E-state index is 0.192. The van der Waals surface area contributed by atoms with Crippen molar-refractivity contribution < 1.29 is 17.9 Å². The third-order valence-electron chi connectivity index (χ3n) is 4.72. The number of sulfonamides is 1. The van der Waals surface area contributed by atoms with E-state index in [-0.39, 0.29) is 11.9 Å². The summed E-state index contributed by atoms with van der Waals surface area (Å²) < 4.78 is 31.6. The summed E-state index contributed by atoms with van der Waals surface area (Å²) in [5.74, 6) is 0.666. The zero-order valence-electron chi connectivity index (χ0n) is 18.3. The lowest BCUT2D eigenvalue weighted by molar-refractivity contribution is -0.122. The van der Waals surface area contributed by atoms with Gasteiger partial charge in [0.1, 0.15) is 11.8 Å². The van der Waals surface area contributed by atoms with Crippen molar-refractivity contribution in [2.75, 3.05) is 17.2 Å². The number of benzene rings is 2. The van der Waals surface area contributed by atoms with Gasteiger partial charge in [-0.05, 0) is 56.0 Å². The smallest absolute Gasteiger partial charge is 0.244 e. The first kappa shape index (κ1) is 23.7. The highest BCUT2D eigenvalue weighted by atomic mass is 32.2. The summed E-state index contributed by atoms with van der Waals surface area (Å²) in [5.41, 5.74) is 1.42. The van der Waals surface area contributed by atoms with E-state index in [0.29, 0.717) is 24.0 Å². The number of rotatable bonds is 10. The van der Waals surface area contributed by atoms with Gasteiger partial charge in [-0.25, -0.2) is 8.42 Å². The van der Waals surface area contributed by atoms with Gasteiger partial charge in [-0.2, -0.15) is 0 Å². The average Bonchev–Trinajstić information content (AvgIpc) is 2.68. The van der Waals surface area contributed by atoms with Crippen LogP contribution in [-0.2, 0) is 14.8 Å². The highest BCUT2D eigenvalue weighted by Crippen LogP contribution is 2.26. The van der Waals surface area contributed by atoms with Crippen LogP contribution < -0.4 is 14.4 Å². The molecule has 0 aromatic heterocycles. The van der Waals surface area contributed by atoms with Crippen molar-refractivity contribution in [1.82, 2.24) is 5.32 Å². The van der Waals surface area contributed by atoms with Gasteiger partial charge in [0, 0.05) is 0 Å². The van der Waals surface area contributed by atoms with E-state index in [1.807, 2.05) is 37.3 Å². The van der Waals surface area contributed by atoms with E-state index in [0.717, 1.165) is 22.5 Å². The topological polar surface area (TPSA) is 75.7 Å². The van der Waals surface area contributed by atoms with Crippen molar-refractivity contribution in [2.24, 2.45) is 5.92 Å². The second kappa shape index (κ2) is 10.5. The maximum Gasteiger partial charge on any atom is 0.244 e. The second-order valence-corrected chi connectivity index (χ2v) is 9.62. The van der Waals surface area contributed by atoms with Crippen LogP contribution in [-0.4, -0.2) is 33.2 Å². The van der Waals surface area contributed by atoms with Gasteiger partial charge in [0.25, 0.3) is 0 Å². The standard InChI is InChI=1S/C23H32N2O4S/c1-6-29-21-14-12-20(13-15-21)25(30(5,27)28)18(4)23(26)24-22(16-17(2)3)19-10-8-7-9-11-19/h7-15,17-18,22H,6,16H2,1-5H3,(H,24,26)/t18-,22-/m0/s1. The van der Waals surface area contributed by atoms with Gasteiger partial charge in [0.2, 0.25) is 15.9 Å². The molecule has 2 aromatic carbocycles. The zero-order valence-corrected chi connectivity index (χ0v) is 19.1. The molecule has 0 unspecified atom stereocenters. The van der Waals surface area contributed by atoms with Gasteiger partial charge >= 0.3 is 0 Å². The monoisotopic (exact) mass is 432 g/mol. The number of hydrogen-bond donors (Lipinski definition) is 1. The maximum atomic E-state index is 13.1. The molecular weight excluding hydrogens is 400 g/mol. The van der Waals surface area contributed by atoms with Crippen molar-refractivity contribution >= 4 is 21.6 Å². The first-order chi connectivity index (χ1) is 14.1. The van der Waals surface area contributed by atoms with Crippen molar-refractivity contribution in [3.63, 3.8) is 0 Å². The lowest BCUT2D eigenvalue weighted by atomic mass is 9.96. The number of amides is 1. The van der Waals surface area contributed by atoms with E-state index >= 15 is 0 Å². The molecule has 164 valence electrons. The molecule has 1 amide bonds. The number of hydrogen-bond acceptors (Lipinski definition) is 4. The molecule has 2 atom stereocenters. The highest BCUT2D eigenvalue weighted by Gasteiger charge is 2.30. The number of nitrogens with one attached hydrogen (secondary N) is 1. The van der Waals surface area contributed by atoms with Crippen molar-refractivity contribution in [2.45, 2.75) is 46.2 Å². The quantitative estimate of drug-likeness (QED) is 0.612. The van der Waals surface area contributed by atoms with Crippen molar-refractivity contribution in [3.05, 3.63) is 60.2 Å². The summed E-state index contributed by atoms with van der Waals surface area (Å²) >= 11 is 0. The molecule has 0 bridgehead atoms. The molecule has 7 heteroatoms. The molecule has 2 aromatic rings. The largest absolute Gasteiger partial charge is 0.494 e. The van der Waals surface area contributed by atoms with Gasteiger partial charge in [-0.15, -0.1) is 0 Å². The summed E-state index contributed by atoms with van der Waals surface area (Å²) in [4.78, 5) is 13.1. The van der Waals surface area contributed by atoms with Gasteiger partial charge in [0.15, 0.2) is 0 Å². The van der Waals surface area contributed by atoms with E-state index in [1.165, 1.54) is 0 Å². The minimum Gasteiger partial charge on any atom is -0.494 e. The SMILES string of the molecule is CCOc1ccc(N([C@@H](C)C(=O)N[C@@H](CC(C)C)c2ccccc2)S(C)(=O)=O)cc1. The fraction of sp³-hybridized carbons (Fsp3) is 0.435. The molecule has 2 rings (SSSR count). The first-order valence-electron chi connectivity index (χ1n) is 10.2. The third-order valence-corrected chi connectivity index (χ3v) is 5.96. The Balaban J connectivity index is 2.28. The molecule has 0 spiro atoms. The van der Waals surface area contributed by atoms with Crippen molar-refractivity contribution in [1.29, 1.82) is 0 Å². The van der Waals surface area contributed by atoms with E-state index in [2.05, 4.69) is 19.2 Å². The molecule has 30 heavy (non-hydrogen) atoms. The fourth-order valence-electron chi connectivity index (χ4n) is 3.39. The summed E-state index contributed by atoms with van der Waals surface area (Å²) in [6.45, 7) is 8.18. The maximum absolute atomic E-state index is 13.1. The number of anilines is 1. The zero-order chi connectivity index (χ0) is 22.3. The molecule has 0 aliphatic heterocycles. The van der Waals surface area contributed by atoms with E-state index < -0.39 is 16.1 Å². The molecule has 0 saturated heterocycles. The van der Waals surface area contributed by atoms with E-state index in [9.17, 15) is 13.2 Å². The van der Waals surface area contributed by atoms with Gasteiger partial charge in [-0.3, -0.25) is 9.10 Å². The highest BCUT2D eigenvalue weighted by molar-refractivity contribution is 7.92. The van der Waals surface area contributed by atoms with Crippen LogP contribution >= 0.6 is 0 Å². The molecular formula is C23H32N2O4S. The van der Waals surface area contributed by atoms with Gasteiger partial charge < -0.3 is 10.1 Å². The van der Waals surface area contributed by atoms with E-state index in [1.54, 1.807) is 31.2 Å². The Morgan fingerprint density at radius 2 is 1.63 bits per heavy atom. The minimum atomic E-state index is -3.68. The van der Waals surface area contributed by atoms with Crippen LogP contribution in [0.4, 0.5) is 5.69 Å². The fourth-order valence-corrected chi connectivity index (χ4v) is 4.57. The molecule has 0 aliphatic rings. The number of ether oxygens (including phenoxy) is 1. The Bertz CT molecular complexity index is 912. The lowest BCUT2D eigenvalue weighted by Crippen LogP contribution is -2.48. The molecule has 0 saturated carbocycles. The van der Waals surface area contributed by atoms with Crippen LogP contribution in [0.2, 0.25) is 0 Å². The second-order valence-electron chi connectivity index (χ2n) is 7.76. The van der Waals surface area contributed by atoms with Crippen LogP contribution in [0.25, 0.3) is 0 Å². The Kier molecular flexibility index (Phi) is 8.29. The Labute approximate surface area is 180 Å². The van der Waals surface area contributed by atoms with Crippen molar-refractivity contribution in [3.8, 4) is 5.75 Å². The Morgan fingerprint density at radius 1 is 1.03 bits per heavy atom. The number of carbonyl (C=O) groups excluding carboxylic acids is 1. The summed E-state index contributed by atoms with van der Waals surface area (Å²) in [5, 5.41) is 3.05. The summed E-state index contributed by atoms with van der Waals surface area (Å²) in [7, 11) is -3.68. The van der Waals surface area contributed by atoms with E-state index in [4.69, 9.17) is 4.74 Å². The molecule has 0 aliphatic carbocycles. The van der Waals surface area contributed by atoms with Crippen LogP contribution in [0.3, 0.4) is 0 Å². The van der Waals surface area contributed by atoms with Gasteiger partial charge in [0.05, 0.1) is 24.6 Å². The third kappa shape index (κ3) is 6.49. The number of carbonyl (C=O) groups is 1. The Hall–Kier alpha value is -2.54. The predicted molar refractivity (Wildman–Crippen MR) is 121 cm³/mol. The average molecular weight is 433 g/mol. The predicted octanol–water partition coefficient (Wildman–Crippen LogP) is 4.14. The van der Waals surface area contributed by atoms with Gasteiger partial charge in [-0.1, -0.05) is 44.2 Å². The molecule has 6 nitrogen and oxygen atoms in total. The molecule has 1 N–H and O–H groups in total. The molecule has 0 radical (unpaired) electrons. The number of nitrogens with zero attached hydrogens (tertiary/aromatic N) is 1. The first-order valence-corrected chi connectivity index (χ1v) is 12.1.